The van der Waals surface area contributed by atoms with Crippen molar-refractivity contribution in [3.8, 4) is 0 Å². The van der Waals surface area contributed by atoms with E-state index in [-0.39, 0.29) is 6.10 Å². The van der Waals surface area contributed by atoms with Crippen LogP contribution < -0.4 is 0 Å². The number of H-pyrrole nitrogens is 1. The molecule has 0 saturated heterocycles. The van der Waals surface area contributed by atoms with Gasteiger partial charge in [-0.1, -0.05) is 77.0 Å². The number of aliphatic hydroxyl groups excluding tert-OH is 1. The van der Waals surface area contributed by atoms with Gasteiger partial charge in [-0.15, -0.1) is 0 Å². The Morgan fingerprint density at radius 1 is 0.912 bits per heavy atom. The number of nitrogens with one attached hydrogen (secondary N) is 1. The van der Waals surface area contributed by atoms with Gasteiger partial charge in [-0.25, -0.2) is 0 Å². The topological polar surface area (TPSA) is 36.0 Å². The van der Waals surface area contributed by atoms with Crippen LogP contribution in [0.5, 0.6) is 0 Å². The average Bonchev–Trinajstić information content (AvgIpc) is 3.49. The van der Waals surface area contributed by atoms with Gasteiger partial charge in [-0.05, 0) is 103 Å². The minimum atomic E-state index is -0.116. The molecule has 8 atom stereocenters. The third-order valence-electron chi connectivity index (χ3n) is 10.5. The van der Waals surface area contributed by atoms with Crippen molar-refractivity contribution in [2.75, 3.05) is 0 Å². The zero-order valence-corrected chi connectivity index (χ0v) is 22.6. The summed E-state index contributed by atoms with van der Waals surface area (Å²) in [4.78, 5) is 2.86. The molecule has 0 aliphatic heterocycles. The summed E-state index contributed by atoms with van der Waals surface area (Å²) in [5.41, 5.74) is 4.07. The summed E-state index contributed by atoms with van der Waals surface area (Å²) >= 11 is 0. The number of fused-ring (bicyclic) bond motifs is 5. The second-order valence-corrected chi connectivity index (χ2v) is 12.7. The molecule has 2 heteroatoms. The molecule has 34 heavy (non-hydrogen) atoms. The van der Waals surface area contributed by atoms with Crippen LogP contribution in [0.2, 0.25) is 0 Å². The third kappa shape index (κ3) is 4.77. The highest BCUT2D eigenvalue weighted by molar-refractivity contribution is 5.39. The van der Waals surface area contributed by atoms with Crippen molar-refractivity contribution in [2.45, 2.75) is 92.6 Å². The number of aliphatic hydroxyl groups is 1. The molecule has 2 N–H and O–H groups in total. The number of aromatic amines is 1. The van der Waals surface area contributed by atoms with E-state index in [2.05, 4.69) is 70.8 Å². The van der Waals surface area contributed by atoms with E-state index in [0.29, 0.717) is 22.7 Å². The van der Waals surface area contributed by atoms with Crippen molar-refractivity contribution in [2.24, 2.45) is 46.3 Å². The lowest BCUT2D eigenvalue weighted by molar-refractivity contribution is 0.0382. The van der Waals surface area contributed by atoms with Gasteiger partial charge in [0.25, 0.3) is 0 Å². The zero-order chi connectivity index (χ0) is 24.5. The van der Waals surface area contributed by atoms with Crippen molar-refractivity contribution < 1.29 is 5.11 Å². The Labute approximate surface area is 209 Å². The lowest BCUT2D eigenvalue weighted by atomic mass is 9.50. The van der Waals surface area contributed by atoms with Crippen LogP contribution in [0.25, 0.3) is 0 Å². The fourth-order valence-corrected chi connectivity index (χ4v) is 7.87. The molecular formula is C32H49NO. The normalized spacial score (nSPS) is 38.7. The first-order valence-corrected chi connectivity index (χ1v) is 14.0. The second-order valence-electron chi connectivity index (χ2n) is 12.7. The van der Waals surface area contributed by atoms with Gasteiger partial charge in [-0.2, -0.15) is 0 Å². The third-order valence-corrected chi connectivity index (χ3v) is 10.5. The van der Waals surface area contributed by atoms with Crippen LogP contribution in [-0.2, 0) is 0 Å². The number of allylic oxidation sites excluding steroid dienone is 5. The first kappa shape index (κ1) is 25.5. The van der Waals surface area contributed by atoms with Gasteiger partial charge in [0.2, 0.25) is 0 Å². The minimum Gasteiger partial charge on any atom is -0.393 e. The lowest BCUT2D eigenvalue weighted by Crippen LogP contribution is -2.46. The number of aromatic nitrogens is 1. The molecule has 188 valence electrons. The summed E-state index contributed by atoms with van der Waals surface area (Å²) in [6, 6.07) is 3.89. The smallest absolute Gasteiger partial charge is 0.0578 e. The Balaban J connectivity index is 0.000000486. The maximum Gasteiger partial charge on any atom is 0.0578 e. The molecule has 1 aromatic rings. The van der Waals surface area contributed by atoms with Crippen molar-refractivity contribution in [1.29, 1.82) is 0 Å². The molecule has 0 spiro atoms. The van der Waals surface area contributed by atoms with Crippen molar-refractivity contribution in [1.82, 2.24) is 4.98 Å². The van der Waals surface area contributed by atoms with Gasteiger partial charge in [0.05, 0.1) is 6.10 Å². The predicted octanol–water partition coefficient (Wildman–Crippen LogP) is 8.35. The van der Waals surface area contributed by atoms with Crippen molar-refractivity contribution >= 4 is 0 Å². The standard InChI is InChI=1S/C28H44O.C4H5N/c1-18(2)19(3)7-8-20(4)24-11-12-25-23-10-9-21-17-22(29)13-15-27(21,5)26(23)14-16-28(24,25)6;1-2-4-5-3-1/h7-10,18-20,22,24-26,29H,11-17H2,1-6H3;1-5H/b8-7+;/t19-,20+,22-,24+,25-,26-,27-,28+;/m0./s1. The predicted molar refractivity (Wildman–Crippen MR) is 144 cm³/mol. The highest BCUT2D eigenvalue weighted by Gasteiger charge is 2.56. The molecular weight excluding hydrogens is 414 g/mol. The molecule has 1 aromatic heterocycles. The van der Waals surface area contributed by atoms with Crippen LogP contribution in [0.3, 0.4) is 0 Å². The highest BCUT2D eigenvalue weighted by atomic mass is 16.3. The quantitative estimate of drug-likeness (QED) is 0.432. The zero-order valence-electron chi connectivity index (χ0n) is 22.6. The summed E-state index contributed by atoms with van der Waals surface area (Å²) in [6.45, 7) is 14.6. The Morgan fingerprint density at radius 3 is 2.29 bits per heavy atom. The highest BCUT2D eigenvalue weighted by Crippen LogP contribution is 2.65. The van der Waals surface area contributed by atoms with Gasteiger partial charge in [0, 0.05) is 12.4 Å². The van der Waals surface area contributed by atoms with Gasteiger partial charge in [0.1, 0.15) is 0 Å². The SMILES string of the molecule is CC(C)[C@@H](C)/C=C/[C@@H](C)[C@H]1CC[C@H]2C3=CC=C4C[C@@H](O)CC[C@]4(C)[C@H]3CC[C@]12C.c1cc[nH]c1. The Morgan fingerprint density at radius 2 is 1.65 bits per heavy atom. The monoisotopic (exact) mass is 463 g/mol. The van der Waals surface area contributed by atoms with Crippen LogP contribution in [0.1, 0.15) is 86.5 Å². The van der Waals surface area contributed by atoms with E-state index in [4.69, 9.17) is 0 Å². The van der Waals surface area contributed by atoms with Crippen LogP contribution in [-0.4, -0.2) is 16.2 Å². The molecule has 5 rings (SSSR count). The number of hydrogen-bond acceptors (Lipinski definition) is 1. The van der Waals surface area contributed by atoms with Crippen LogP contribution in [0.15, 0.2) is 60.0 Å². The van der Waals surface area contributed by atoms with Crippen LogP contribution in [0.4, 0.5) is 0 Å². The Bertz CT molecular complexity index is 875. The van der Waals surface area contributed by atoms with Crippen molar-refractivity contribution in [3.05, 3.63) is 60.0 Å². The molecule has 0 unspecified atom stereocenters. The van der Waals surface area contributed by atoms with Crippen LogP contribution >= 0.6 is 0 Å². The summed E-state index contributed by atoms with van der Waals surface area (Å²) in [6.07, 6.45) is 22.1. The van der Waals surface area contributed by atoms with Crippen molar-refractivity contribution in [3.63, 3.8) is 0 Å². The number of hydrogen-bond donors (Lipinski definition) is 2. The van der Waals surface area contributed by atoms with Crippen LogP contribution in [0, 0.1) is 46.3 Å². The molecule has 0 bridgehead atoms. The summed E-state index contributed by atoms with van der Waals surface area (Å²) < 4.78 is 0. The van der Waals surface area contributed by atoms with Gasteiger partial charge in [-0.3, -0.25) is 0 Å². The van der Waals surface area contributed by atoms with Gasteiger partial charge < -0.3 is 10.1 Å². The summed E-state index contributed by atoms with van der Waals surface area (Å²) in [7, 11) is 0. The largest absolute Gasteiger partial charge is 0.393 e. The molecule has 2 nitrogen and oxygen atoms in total. The summed E-state index contributed by atoms with van der Waals surface area (Å²) in [5.74, 6) is 4.38. The van der Waals surface area contributed by atoms with Gasteiger partial charge >= 0.3 is 0 Å². The first-order valence-electron chi connectivity index (χ1n) is 14.0. The average molecular weight is 464 g/mol. The second kappa shape index (κ2) is 10.2. The summed E-state index contributed by atoms with van der Waals surface area (Å²) in [5, 5.41) is 10.2. The maximum absolute atomic E-state index is 10.2. The lowest BCUT2D eigenvalue weighted by Gasteiger charge is -2.55. The van der Waals surface area contributed by atoms with Gasteiger partial charge in [0.15, 0.2) is 0 Å². The van der Waals surface area contributed by atoms with E-state index >= 15 is 0 Å². The molecule has 4 aliphatic rings. The van der Waals surface area contributed by atoms with E-state index in [1.54, 1.807) is 5.57 Å². The van der Waals surface area contributed by atoms with E-state index in [1.807, 2.05) is 24.5 Å². The molecule has 3 fully saturated rings. The van der Waals surface area contributed by atoms with E-state index in [9.17, 15) is 5.11 Å². The molecule has 0 radical (unpaired) electrons. The molecule has 3 saturated carbocycles. The van der Waals surface area contributed by atoms with E-state index in [0.717, 1.165) is 36.5 Å². The minimum absolute atomic E-state index is 0.116. The number of rotatable bonds is 4. The first-order chi connectivity index (χ1) is 16.2. The molecule has 0 amide bonds. The molecule has 0 aromatic carbocycles. The Hall–Kier alpha value is -1.54. The van der Waals surface area contributed by atoms with E-state index in [1.165, 1.54) is 37.7 Å². The fraction of sp³-hybridized carbons (Fsp3) is 0.688. The maximum atomic E-state index is 10.2. The molecule has 1 heterocycles. The molecule has 4 aliphatic carbocycles. The van der Waals surface area contributed by atoms with E-state index < -0.39 is 0 Å². The Kier molecular flexibility index (Phi) is 7.67. The fourth-order valence-electron chi connectivity index (χ4n) is 7.87.